The van der Waals surface area contributed by atoms with Crippen molar-refractivity contribution >= 4 is 10.9 Å². The number of benzene rings is 1. The highest BCUT2D eigenvalue weighted by Gasteiger charge is 2.33. The van der Waals surface area contributed by atoms with E-state index in [0.717, 1.165) is 48.8 Å². The summed E-state index contributed by atoms with van der Waals surface area (Å²) in [4.78, 5) is 5.52. The van der Waals surface area contributed by atoms with E-state index in [9.17, 15) is 20.4 Å². The zero-order chi connectivity index (χ0) is 19.9. The molecule has 28 heavy (non-hydrogen) atoms. The van der Waals surface area contributed by atoms with E-state index in [1.807, 2.05) is 18.2 Å². The Balaban J connectivity index is 1.72. The van der Waals surface area contributed by atoms with Crippen LogP contribution in [0.3, 0.4) is 0 Å². The Morgan fingerprint density at radius 2 is 1.93 bits per heavy atom. The lowest BCUT2D eigenvalue weighted by Crippen LogP contribution is -2.51. The Morgan fingerprint density at radius 1 is 1.14 bits per heavy atom. The minimum Gasteiger partial charge on any atom is -0.394 e. The molecule has 0 spiro atoms. The van der Waals surface area contributed by atoms with Crippen molar-refractivity contribution in [3.05, 3.63) is 36.0 Å². The highest BCUT2D eigenvalue weighted by molar-refractivity contribution is 5.80. The number of rotatable bonds is 4. The molecule has 1 aromatic heterocycles. The van der Waals surface area contributed by atoms with Gasteiger partial charge in [-0.25, -0.2) is 0 Å². The maximum Gasteiger partial charge on any atom is 0.114 e. The van der Waals surface area contributed by atoms with Crippen LogP contribution in [0.5, 0.6) is 0 Å². The van der Waals surface area contributed by atoms with Gasteiger partial charge in [0.2, 0.25) is 0 Å². The van der Waals surface area contributed by atoms with Crippen molar-refractivity contribution in [2.24, 2.45) is 0 Å². The molecule has 0 amide bonds. The number of para-hydroxylation sites is 1. The number of β-amino-alcohol motifs (C(OH)–C–C–N with tert-alkyl or cyclic N) is 1. The average Bonchev–Trinajstić information content (AvgIpc) is 3.10. The summed E-state index contributed by atoms with van der Waals surface area (Å²) in [6, 6.07) is 10.2. The molecule has 2 aromatic rings. The summed E-state index contributed by atoms with van der Waals surface area (Å²) in [6.45, 7) is 1.58. The Morgan fingerprint density at radius 3 is 2.71 bits per heavy atom. The van der Waals surface area contributed by atoms with Gasteiger partial charge in [-0.3, -0.25) is 4.90 Å². The number of H-pyrrole nitrogens is 1. The van der Waals surface area contributed by atoms with Gasteiger partial charge >= 0.3 is 0 Å². The molecule has 7 heteroatoms. The molecule has 0 aliphatic carbocycles. The Labute approximate surface area is 165 Å². The van der Waals surface area contributed by atoms with Gasteiger partial charge in [-0.2, -0.15) is 0 Å². The number of fused-ring (bicyclic) bond motifs is 1. The topological polar surface area (TPSA) is 109 Å². The molecule has 4 atom stereocenters. The molecular weight excluding hydrogens is 360 g/mol. The third-order valence-electron chi connectivity index (χ3n) is 5.40. The summed E-state index contributed by atoms with van der Waals surface area (Å²) in [6.07, 6.45) is -0.712. The third-order valence-corrected chi connectivity index (χ3v) is 5.40. The monoisotopic (exact) mass is 392 g/mol. The molecule has 2 heterocycles. The van der Waals surface area contributed by atoms with E-state index in [2.05, 4.69) is 22.0 Å². The van der Waals surface area contributed by atoms with Gasteiger partial charge in [0.1, 0.15) is 18.3 Å². The normalized spacial score (nSPS) is 27.2. The van der Waals surface area contributed by atoms with Crippen LogP contribution >= 0.6 is 0 Å². The molecule has 5 N–H and O–H groups in total. The summed E-state index contributed by atoms with van der Waals surface area (Å²) >= 11 is 0. The Bertz CT molecular complexity index is 689. The van der Waals surface area contributed by atoms with Gasteiger partial charge in [-0.1, -0.05) is 31.0 Å². The summed E-state index contributed by atoms with van der Waals surface area (Å²) in [5.74, 6) is 0. The zero-order valence-electron chi connectivity index (χ0n) is 16.2. The number of nitrogens with one attached hydrogen (secondary N) is 1. The fourth-order valence-corrected chi connectivity index (χ4v) is 3.84. The maximum absolute atomic E-state index is 10.6. The van der Waals surface area contributed by atoms with E-state index >= 15 is 0 Å². The quantitative estimate of drug-likeness (QED) is 0.531. The second-order valence-corrected chi connectivity index (χ2v) is 7.67. The van der Waals surface area contributed by atoms with Crippen LogP contribution in [0.2, 0.25) is 0 Å². The first-order valence-corrected chi connectivity index (χ1v) is 10.1. The van der Waals surface area contributed by atoms with E-state index in [1.54, 1.807) is 0 Å². The van der Waals surface area contributed by atoms with E-state index < -0.39 is 31.0 Å². The van der Waals surface area contributed by atoms with Crippen LogP contribution in [-0.4, -0.2) is 81.0 Å². The third kappa shape index (κ3) is 5.53. The molecule has 0 unspecified atom stereocenters. The van der Waals surface area contributed by atoms with Crippen molar-refractivity contribution in [2.75, 3.05) is 26.3 Å². The van der Waals surface area contributed by atoms with Crippen LogP contribution < -0.4 is 0 Å². The molecule has 0 bridgehead atoms. The molecule has 1 fully saturated rings. The second kappa shape index (κ2) is 10.3. The van der Waals surface area contributed by atoms with Crippen LogP contribution in [0, 0.1) is 0 Å². The molecular formula is C21H32N2O5. The van der Waals surface area contributed by atoms with Crippen molar-refractivity contribution < 1.29 is 25.2 Å². The Hall–Kier alpha value is -1.48. The lowest BCUT2D eigenvalue weighted by Gasteiger charge is -2.33. The first-order chi connectivity index (χ1) is 13.6. The second-order valence-electron chi connectivity index (χ2n) is 7.67. The summed E-state index contributed by atoms with van der Waals surface area (Å²) in [7, 11) is 0. The minimum atomic E-state index is -1.27. The van der Waals surface area contributed by atoms with Crippen LogP contribution in [0.1, 0.15) is 31.4 Å². The van der Waals surface area contributed by atoms with Crippen molar-refractivity contribution in [3.63, 3.8) is 0 Å². The van der Waals surface area contributed by atoms with Gasteiger partial charge in [0.05, 0.1) is 12.7 Å². The van der Waals surface area contributed by atoms with E-state index in [1.165, 1.54) is 0 Å². The summed E-state index contributed by atoms with van der Waals surface area (Å²) < 4.78 is 5.60. The van der Waals surface area contributed by atoms with Gasteiger partial charge in [0.25, 0.3) is 0 Å². The molecule has 156 valence electrons. The molecule has 0 saturated carbocycles. The van der Waals surface area contributed by atoms with Gasteiger partial charge < -0.3 is 30.1 Å². The molecule has 1 saturated heterocycles. The standard InChI is InChI=1S/C21H32N2O5/c24-14-19(26)21-20(27)18(25)13-23(9-5-1-2-6-10-28-21)12-16-11-15-7-3-4-8-17(15)22-16/h3-4,7-8,11,18-22,24-27H,1-2,5-6,9-10,12-14H2/t18-,19+,20+,21+/m0/s1. The highest BCUT2D eigenvalue weighted by Crippen LogP contribution is 2.18. The highest BCUT2D eigenvalue weighted by atomic mass is 16.5. The van der Waals surface area contributed by atoms with E-state index in [0.29, 0.717) is 13.2 Å². The van der Waals surface area contributed by atoms with Gasteiger partial charge in [-0.05, 0) is 36.9 Å². The maximum atomic E-state index is 10.6. The molecule has 1 aliphatic heterocycles. The number of aliphatic hydroxyl groups is 4. The zero-order valence-corrected chi connectivity index (χ0v) is 16.2. The van der Waals surface area contributed by atoms with Crippen LogP contribution in [0.25, 0.3) is 10.9 Å². The van der Waals surface area contributed by atoms with E-state index in [4.69, 9.17) is 4.74 Å². The van der Waals surface area contributed by atoms with Crippen molar-refractivity contribution in [3.8, 4) is 0 Å². The number of hydrogen-bond acceptors (Lipinski definition) is 6. The van der Waals surface area contributed by atoms with Gasteiger partial charge in [0.15, 0.2) is 0 Å². The van der Waals surface area contributed by atoms with Crippen LogP contribution in [0.15, 0.2) is 30.3 Å². The number of aromatic amines is 1. The molecule has 1 aromatic carbocycles. The minimum absolute atomic E-state index is 0.258. The summed E-state index contributed by atoms with van der Waals surface area (Å²) in [5, 5.41) is 41.5. The first kappa shape index (κ1) is 21.2. The molecule has 1 aliphatic rings. The smallest absolute Gasteiger partial charge is 0.114 e. The number of ether oxygens (including phenoxy) is 1. The van der Waals surface area contributed by atoms with Crippen molar-refractivity contribution in [1.82, 2.24) is 9.88 Å². The Kier molecular flexibility index (Phi) is 7.84. The molecule has 7 nitrogen and oxygen atoms in total. The van der Waals surface area contributed by atoms with Crippen molar-refractivity contribution in [2.45, 2.75) is 56.6 Å². The van der Waals surface area contributed by atoms with Crippen LogP contribution in [0.4, 0.5) is 0 Å². The fourth-order valence-electron chi connectivity index (χ4n) is 3.84. The number of aromatic nitrogens is 1. The van der Waals surface area contributed by atoms with Gasteiger partial charge in [0, 0.05) is 30.9 Å². The number of hydrogen-bond donors (Lipinski definition) is 5. The van der Waals surface area contributed by atoms with Crippen molar-refractivity contribution in [1.29, 1.82) is 0 Å². The van der Waals surface area contributed by atoms with Gasteiger partial charge in [-0.15, -0.1) is 0 Å². The molecule has 0 radical (unpaired) electrons. The predicted molar refractivity (Wildman–Crippen MR) is 107 cm³/mol. The summed E-state index contributed by atoms with van der Waals surface area (Å²) in [5.41, 5.74) is 2.13. The molecule has 3 rings (SSSR count). The van der Waals surface area contributed by atoms with E-state index in [-0.39, 0.29) is 6.54 Å². The number of aliphatic hydroxyl groups excluding tert-OH is 4. The first-order valence-electron chi connectivity index (χ1n) is 10.1. The SMILES string of the molecule is OC[C@@H](O)[C@H]1OCCCCCCN(Cc2cc3ccccc3[nH]2)C[C@H](O)[C@H]1O. The lowest BCUT2D eigenvalue weighted by molar-refractivity contribution is -0.147. The average molecular weight is 392 g/mol. The lowest BCUT2D eigenvalue weighted by atomic mass is 10.0. The largest absolute Gasteiger partial charge is 0.394 e. The van der Waals surface area contributed by atoms with Crippen LogP contribution in [-0.2, 0) is 11.3 Å². The number of nitrogens with zero attached hydrogens (tertiary/aromatic N) is 1. The fraction of sp³-hybridized carbons (Fsp3) is 0.619. The predicted octanol–water partition coefficient (Wildman–Crippen LogP) is 1.00.